The fourth-order valence-corrected chi connectivity index (χ4v) is 5.53. The molecule has 3 aromatic rings. The molecule has 5 rings (SSSR count). The lowest BCUT2D eigenvalue weighted by molar-refractivity contribution is -0.160. The molecule has 1 amide bonds. The number of ether oxygens (including phenoxy) is 2. The Kier molecular flexibility index (Phi) is 9.31. The second-order valence-corrected chi connectivity index (χ2v) is 11.4. The molecule has 0 spiro atoms. The quantitative estimate of drug-likeness (QED) is 0.336. The van der Waals surface area contributed by atoms with Crippen molar-refractivity contribution in [3.05, 3.63) is 82.4 Å². The molecule has 6 nitrogen and oxygen atoms in total. The summed E-state index contributed by atoms with van der Waals surface area (Å²) in [6.45, 7) is 11.1. The molecule has 0 fully saturated rings. The van der Waals surface area contributed by atoms with Gasteiger partial charge in [0.2, 0.25) is 6.41 Å². The van der Waals surface area contributed by atoms with Crippen molar-refractivity contribution < 1.29 is 24.2 Å². The number of aryl methyl sites for hydroxylation is 3. The third-order valence-corrected chi connectivity index (χ3v) is 7.32. The van der Waals surface area contributed by atoms with E-state index < -0.39 is 17.7 Å². The van der Waals surface area contributed by atoms with Crippen LogP contribution in [0.1, 0.15) is 74.5 Å². The highest BCUT2D eigenvalue weighted by Crippen LogP contribution is 2.44. The molecule has 40 heavy (non-hydrogen) atoms. The predicted molar refractivity (Wildman–Crippen MR) is 159 cm³/mol. The first kappa shape index (κ1) is 29.3. The number of carboxylic acid groups (broad SMARTS) is 1. The SMILES string of the molecule is CCc1ccccc1.Cc1cc2c(c(C(OC(C)(C)C)C(=O)O)c1-c1ccc3c(c1)CCCO3)CCCN2C=O. The van der Waals surface area contributed by atoms with E-state index in [2.05, 4.69) is 37.3 Å². The minimum atomic E-state index is -1.14. The summed E-state index contributed by atoms with van der Waals surface area (Å²) in [5.41, 5.74) is 6.97. The van der Waals surface area contributed by atoms with Crippen molar-refractivity contribution >= 4 is 18.1 Å². The fourth-order valence-electron chi connectivity index (χ4n) is 5.53. The van der Waals surface area contributed by atoms with Gasteiger partial charge in [-0.15, -0.1) is 0 Å². The van der Waals surface area contributed by atoms with Crippen LogP contribution in [0, 0.1) is 6.92 Å². The van der Waals surface area contributed by atoms with Crippen LogP contribution < -0.4 is 9.64 Å². The molecular weight excluding hydrogens is 502 g/mol. The number of benzene rings is 3. The van der Waals surface area contributed by atoms with Crippen LogP contribution >= 0.6 is 0 Å². The smallest absolute Gasteiger partial charge is 0.337 e. The zero-order valence-electron chi connectivity index (χ0n) is 24.3. The molecule has 0 saturated heterocycles. The minimum absolute atomic E-state index is 0.628. The van der Waals surface area contributed by atoms with E-state index in [1.54, 1.807) is 4.90 Å². The molecule has 0 aliphatic carbocycles. The summed E-state index contributed by atoms with van der Waals surface area (Å²) in [6, 6.07) is 18.6. The average Bonchev–Trinajstić information content (AvgIpc) is 2.95. The summed E-state index contributed by atoms with van der Waals surface area (Å²) in [4.78, 5) is 25.9. The molecule has 0 saturated carbocycles. The molecule has 2 heterocycles. The minimum Gasteiger partial charge on any atom is -0.493 e. The Hall–Kier alpha value is -3.64. The van der Waals surface area contributed by atoms with Gasteiger partial charge in [0.05, 0.1) is 12.2 Å². The number of hydrogen-bond acceptors (Lipinski definition) is 4. The maximum Gasteiger partial charge on any atom is 0.337 e. The lowest BCUT2D eigenvalue weighted by Gasteiger charge is -2.34. The number of carbonyl (C=O) groups excluding carboxylic acids is 1. The van der Waals surface area contributed by atoms with Gasteiger partial charge in [0.15, 0.2) is 6.10 Å². The van der Waals surface area contributed by atoms with Gasteiger partial charge in [0.1, 0.15) is 5.75 Å². The number of carbonyl (C=O) groups is 2. The second-order valence-electron chi connectivity index (χ2n) is 11.4. The van der Waals surface area contributed by atoms with E-state index in [-0.39, 0.29) is 0 Å². The van der Waals surface area contributed by atoms with Gasteiger partial charge < -0.3 is 19.5 Å². The van der Waals surface area contributed by atoms with Crippen LogP contribution in [0.3, 0.4) is 0 Å². The van der Waals surface area contributed by atoms with Crippen molar-refractivity contribution in [1.82, 2.24) is 0 Å². The molecule has 0 bridgehead atoms. The Morgan fingerprint density at radius 3 is 2.48 bits per heavy atom. The monoisotopic (exact) mass is 543 g/mol. The van der Waals surface area contributed by atoms with Crippen molar-refractivity contribution in [2.75, 3.05) is 18.1 Å². The number of fused-ring (bicyclic) bond motifs is 2. The highest BCUT2D eigenvalue weighted by atomic mass is 16.5. The number of rotatable bonds is 6. The van der Waals surface area contributed by atoms with Crippen molar-refractivity contribution in [1.29, 1.82) is 0 Å². The Morgan fingerprint density at radius 2 is 1.85 bits per heavy atom. The highest BCUT2D eigenvalue weighted by molar-refractivity contribution is 5.88. The number of aliphatic carboxylic acids is 1. The van der Waals surface area contributed by atoms with E-state index in [0.717, 1.165) is 78.0 Å². The van der Waals surface area contributed by atoms with E-state index in [4.69, 9.17) is 9.47 Å². The van der Waals surface area contributed by atoms with E-state index in [9.17, 15) is 14.7 Å². The molecule has 212 valence electrons. The maximum atomic E-state index is 12.5. The number of amides is 1. The van der Waals surface area contributed by atoms with E-state index in [1.165, 1.54) is 5.56 Å². The van der Waals surface area contributed by atoms with Crippen LogP contribution in [-0.2, 0) is 33.6 Å². The van der Waals surface area contributed by atoms with E-state index in [0.29, 0.717) is 18.5 Å². The Balaban J connectivity index is 0.000000398. The molecule has 3 aromatic carbocycles. The molecule has 1 atom stereocenters. The summed E-state index contributed by atoms with van der Waals surface area (Å²) < 4.78 is 11.9. The summed E-state index contributed by atoms with van der Waals surface area (Å²) in [7, 11) is 0. The van der Waals surface area contributed by atoms with Crippen molar-refractivity contribution in [2.24, 2.45) is 0 Å². The molecule has 1 N–H and O–H groups in total. The Bertz CT molecular complexity index is 1340. The third kappa shape index (κ3) is 6.73. The van der Waals surface area contributed by atoms with Gasteiger partial charge in [0.25, 0.3) is 0 Å². The zero-order chi connectivity index (χ0) is 28.9. The van der Waals surface area contributed by atoms with Gasteiger partial charge in [-0.1, -0.05) is 43.3 Å². The summed E-state index contributed by atoms with van der Waals surface area (Å²) in [6.07, 6.45) is 4.21. The van der Waals surface area contributed by atoms with Crippen LogP contribution in [0.5, 0.6) is 5.75 Å². The molecule has 6 heteroatoms. The number of hydrogen-bond donors (Lipinski definition) is 1. The van der Waals surface area contributed by atoms with E-state index in [1.807, 2.05) is 52.0 Å². The standard InChI is InChI=1S/C26H31NO5.C8H10/c1-16-13-20-19(8-5-11-27(20)15-28)23(24(25(29)30)32-26(2,3)4)22(16)18-9-10-21-17(14-18)7-6-12-31-21;1-2-8-6-4-3-5-7-8/h9-10,13-15,24H,5-8,11-12H2,1-4H3,(H,29,30);3-7H,2H2,1H3. The molecular formula is C34H41NO5. The molecule has 0 radical (unpaired) electrons. The number of anilines is 1. The van der Waals surface area contributed by atoms with Crippen LogP contribution in [0.2, 0.25) is 0 Å². The predicted octanol–water partition coefficient (Wildman–Crippen LogP) is 7.09. The molecule has 0 aromatic heterocycles. The first-order valence-electron chi connectivity index (χ1n) is 14.2. The molecule has 1 unspecified atom stereocenters. The summed E-state index contributed by atoms with van der Waals surface area (Å²) in [5.74, 6) is -0.136. The summed E-state index contributed by atoms with van der Waals surface area (Å²) in [5, 5.41) is 10.2. The normalized spacial score (nSPS) is 15.1. The van der Waals surface area contributed by atoms with Gasteiger partial charge in [-0.3, -0.25) is 4.79 Å². The van der Waals surface area contributed by atoms with Crippen LogP contribution in [0.4, 0.5) is 5.69 Å². The van der Waals surface area contributed by atoms with Gasteiger partial charge in [-0.2, -0.15) is 0 Å². The highest BCUT2D eigenvalue weighted by Gasteiger charge is 2.35. The van der Waals surface area contributed by atoms with Crippen molar-refractivity contribution in [3.63, 3.8) is 0 Å². The third-order valence-electron chi connectivity index (χ3n) is 7.32. The van der Waals surface area contributed by atoms with Crippen LogP contribution in [-0.4, -0.2) is 36.2 Å². The second kappa shape index (κ2) is 12.7. The molecule has 2 aliphatic heterocycles. The van der Waals surface area contributed by atoms with Gasteiger partial charge in [0, 0.05) is 17.8 Å². The number of nitrogens with zero attached hydrogens (tertiary/aromatic N) is 1. The molecule has 2 aliphatic rings. The Labute approximate surface area is 237 Å². The zero-order valence-corrected chi connectivity index (χ0v) is 24.3. The van der Waals surface area contributed by atoms with Crippen molar-refractivity contribution in [2.45, 2.75) is 78.4 Å². The lowest BCUT2D eigenvalue weighted by atomic mass is 9.83. The Morgan fingerprint density at radius 1 is 1.10 bits per heavy atom. The largest absolute Gasteiger partial charge is 0.493 e. The van der Waals surface area contributed by atoms with Gasteiger partial charge in [-0.25, -0.2) is 4.79 Å². The topological polar surface area (TPSA) is 76.1 Å². The van der Waals surface area contributed by atoms with Crippen LogP contribution in [0.15, 0.2) is 54.6 Å². The van der Waals surface area contributed by atoms with Gasteiger partial charge in [-0.05, 0) is 111 Å². The maximum absolute atomic E-state index is 12.5. The fraction of sp³-hybridized carbons (Fsp3) is 0.412. The average molecular weight is 544 g/mol. The van der Waals surface area contributed by atoms with Crippen LogP contribution in [0.25, 0.3) is 11.1 Å². The van der Waals surface area contributed by atoms with Crippen molar-refractivity contribution in [3.8, 4) is 16.9 Å². The first-order valence-corrected chi connectivity index (χ1v) is 14.2. The lowest BCUT2D eigenvalue weighted by Crippen LogP contribution is -2.32. The first-order chi connectivity index (χ1) is 19.1. The number of carboxylic acids is 1. The van der Waals surface area contributed by atoms with E-state index >= 15 is 0 Å². The summed E-state index contributed by atoms with van der Waals surface area (Å²) >= 11 is 0. The van der Waals surface area contributed by atoms with Gasteiger partial charge >= 0.3 is 5.97 Å².